The lowest BCUT2D eigenvalue weighted by atomic mass is 9.99. The average molecular weight is 677 g/mol. The van der Waals surface area contributed by atoms with Gasteiger partial charge in [-0.3, -0.25) is 24.1 Å². The maximum absolute atomic E-state index is 13.8. The zero-order valence-corrected chi connectivity index (χ0v) is 26.1. The summed E-state index contributed by atoms with van der Waals surface area (Å²) < 4.78 is 6.38. The Balaban J connectivity index is 1.27. The Bertz CT molecular complexity index is 2090. The molecule has 2 aliphatic rings. The summed E-state index contributed by atoms with van der Waals surface area (Å²) in [6, 6.07) is 6.73. The van der Waals surface area contributed by atoms with E-state index in [0.717, 1.165) is 4.90 Å². The van der Waals surface area contributed by atoms with Crippen molar-refractivity contribution in [2.45, 2.75) is 17.5 Å². The minimum Gasteiger partial charge on any atom is -0.481 e. The molecule has 3 aromatic heterocycles. The third-order valence-electron chi connectivity index (χ3n) is 7.50. The molecule has 0 saturated carbocycles. The van der Waals surface area contributed by atoms with Crippen LogP contribution in [-0.4, -0.2) is 93.0 Å². The molecule has 6 rings (SSSR count). The van der Waals surface area contributed by atoms with Crippen molar-refractivity contribution in [2.24, 2.45) is 7.05 Å². The van der Waals surface area contributed by atoms with Crippen molar-refractivity contribution in [3.05, 3.63) is 81.0 Å². The number of rotatable bonds is 9. The molecule has 2 aliphatic heterocycles. The highest BCUT2D eigenvalue weighted by Gasteiger charge is 2.55. The van der Waals surface area contributed by atoms with Crippen molar-refractivity contribution < 1.29 is 29.0 Å². The molecule has 6 N–H and O–H groups in total. The second-order valence-electron chi connectivity index (χ2n) is 10.3. The molecule has 3 atom stereocenters. The standard InChI is InChI=1S/C28H24N10O7S2/c1-37-23(34-35-36-37)22(46)14-10-47-27-19(26(42)38(27)20(14)28(43)44)33-25(41)17(11-4-3-5-12(29)8-11)32-24(40)13-9-30-15-6-7-16(45-2)31-18(15)21(13)39/h3-9,17,19,27H,10,29H2,1-2H3,(H,30,39)(H,32,40)(H,33,41)(H,43,44)/t17?,19?,27-/m0/s1. The number of carboxylic acid groups (broad SMARTS) is 1. The summed E-state index contributed by atoms with van der Waals surface area (Å²) >= 11 is 6.66. The molecule has 47 heavy (non-hydrogen) atoms. The first-order chi connectivity index (χ1) is 22.5. The van der Waals surface area contributed by atoms with Gasteiger partial charge in [-0.05, 0) is 34.2 Å². The maximum atomic E-state index is 13.8. The molecule has 19 heteroatoms. The van der Waals surface area contributed by atoms with E-state index in [1.54, 1.807) is 37.4 Å². The first-order valence-corrected chi connectivity index (χ1v) is 15.2. The van der Waals surface area contributed by atoms with E-state index >= 15 is 0 Å². The number of amides is 3. The number of methoxy groups -OCH3 is 1. The highest BCUT2D eigenvalue weighted by atomic mass is 32.2. The number of thioether (sulfide) groups is 1. The quantitative estimate of drug-likeness (QED) is 0.0660. The number of hydrogen-bond acceptors (Lipinski definition) is 13. The number of aliphatic carboxylic acids is 1. The molecule has 1 aromatic carbocycles. The number of nitrogens with zero attached hydrogens (tertiary/aromatic N) is 6. The number of hydrogen-bond donors (Lipinski definition) is 5. The van der Waals surface area contributed by atoms with Crippen molar-refractivity contribution >= 4 is 69.3 Å². The number of fused-ring (bicyclic) bond motifs is 2. The molecule has 0 bridgehead atoms. The lowest BCUT2D eigenvalue weighted by molar-refractivity contribution is -0.150. The molecule has 2 unspecified atom stereocenters. The van der Waals surface area contributed by atoms with Crippen molar-refractivity contribution in [1.29, 1.82) is 0 Å². The van der Waals surface area contributed by atoms with Crippen molar-refractivity contribution in [3.8, 4) is 5.88 Å². The Kier molecular flexibility index (Phi) is 8.16. The number of carbonyl (C=O) groups excluding carboxylic acids is 3. The molecule has 3 amide bonds. The zero-order chi connectivity index (χ0) is 33.6. The molecule has 1 fully saturated rings. The molecule has 17 nitrogen and oxygen atoms in total. The van der Waals surface area contributed by atoms with Gasteiger partial charge in [0.1, 0.15) is 34.2 Å². The number of aromatic nitrogens is 6. The van der Waals surface area contributed by atoms with Crippen LogP contribution in [0.1, 0.15) is 27.8 Å². The predicted octanol–water partition coefficient (Wildman–Crippen LogP) is -0.335. The van der Waals surface area contributed by atoms with Gasteiger partial charge in [-0.25, -0.2) is 14.5 Å². The number of thiocarbonyl (C=S) groups is 1. The maximum Gasteiger partial charge on any atom is 0.353 e. The Morgan fingerprint density at radius 2 is 2.02 bits per heavy atom. The largest absolute Gasteiger partial charge is 0.481 e. The van der Waals surface area contributed by atoms with Gasteiger partial charge in [0.15, 0.2) is 5.82 Å². The predicted molar refractivity (Wildman–Crippen MR) is 170 cm³/mol. The molecule has 0 aliphatic carbocycles. The molecule has 0 spiro atoms. The van der Waals surface area contributed by atoms with Gasteiger partial charge in [0.05, 0.1) is 17.5 Å². The molecular weight excluding hydrogens is 653 g/mol. The van der Waals surface area contributed by atoms with E-state index in [1.165, 1.54) is 35.8 Å². The number of nitrogens with one attached hydrogen (secondary N) is 3. The number of aryl methyl sites for hydroxylation is 1. The summed E-state index contributed by atoms with van der Waals surface area (Å²) in [5, 5.41) is 25.6. The van der Waals surface area contributed by atoms with Crippen LogP contribution in [0.5, 0.6) is 5.88 Å². The van der Waals surface area contributed by atoms with Gasteiger partial charge in [-0.1, -0.05) is 24.4 Å². The van der Waals surface area contributed by atoms with Gasteiger partial charge < -0.3 is 31.2 Å². The van der Waals surface area contributed by atoms with Crippen LogP contribution in [0.4, 0.5) is 5.69 Å². The van der Waals surface area contributed by atoms with Crippen molar-refractivity contribution in [1.82, 2.24) is 45.7 Å². The Morgan fingerprint density at radius 3 is 2.70 bits per heavy atom. The summed E-state index contributed by atoms with van der Waals surface area (Å²) in [5.74, 6) is -3.38. The zero-order valence-electron chi connectivity index (χ0n) is 24.5. The average Bonchev–Trinajstić information content (AvgIpc) is 3.50. The van der Waals surface area contributed by atoms with Crippen LogP contribution in [0.3, 0.4) is 0 Å². The summed E-state index contributed by atoms with van der Waals surface area (Å²) in [6.07, 6.45) is 1.20. The molecular formula is C28H24N10O7S2. The molecule has 0 radical (unpaired) electrons. The SMILES string of the molecule is COc1ccc2[nH]cc(C(=O)NC(C(=O)NC3C(=O)N4C(C(=O)O)=C(C(=S)c5nnnn5C)CS[C@@H]34)c3cccc(N)c3)c(=O)c2n1. The molecule has 240 valence electrons. The van der Waals surface area contributed by atoms with Crippen molar-refractivity contribution in [2.75, 3.05) is 18.6 Å². The van der Waals surface area contributed by atoms with E-state index < -0.39 is 46.6 Å². The fourth-order valence-corrected chi connectivity index (χ4v) is 6.98. The Morgan fingerprint density at radius 1 is 1.23 bits per heavy atom. The van der Waals surface area contributed by atoms with Gasteiger partial charge in [-0.15, -0.1) is 16.9 Å². The van der Waals surface area contributed by atoms with Crippen LogP contribution in [0.25, 0.3) is 11.0 Å². The van der Waals surface area contributed by atoms with Gasteiger partial charge in [0.25, 0.3) is 11.8 Å². The fraction of sp³-hybridized carbons (Fsp3) is 0.214. The van der Waals surface area contributed by atoms with E-state index in [0.29, 0.717) is 11.2 Å². The number of anilines is 1. The fourth-order valence-electron chi connectivity index (χ4n) is 5.19. The number of pyridine rings is 2. The monoisotopic (exact) mass is 676 g/mol. The minimum atomic E-state index is -1.41. The van der Waals surface area contributed by atoms with Gasteiger partial charge in [-0.2, -0.15) is 0 Å². The van der Waals surface area contributed by atoms with Gasteiger partial charge in [0, 0.05) is 36.3 Å². The number of nitrogens with two attached hydrogens (primary N) is 1. The number of benzene rings is 1. The third kappa shape index (κ3) is 5.54. The van der Waals surface area contributed by atoms with E-state index in [4.69, 9.17) is 22.7 Å². The summed E-state index contributed by atoms with van der Waals surface area (Å²) in [7, 11) is 2.93. The highest BCUT2D eigenvalue weighted by Crippen LogP contribution is 2.41. The minimum absolute atomic E-state index is 0.0481. The van der Waals surface area contributed by atoms with E-state index in [-0.39, 0.29) is 50.2 Å². The lowest BCUT2D eigenvalue weighted by Crippen LogP contribution is -2.71. The number of aromatic amines is 1. The number of H-pyrrole nitrogens is 1. The van der Waals surface area contributed by atoms with Gasteiger partial charge in [0.2, 0.25) is 17.2 Å². The smallest absolute Gasteiger partial charge is 0.353 e. The molecule has 1 saturated heterocycles. The van der Waals surface area contributed by atoms with Crippen molar-refractivity contribution in [3.63, 3.8) is 0 Å². The normalized spacial score (nSPS) is 17.8. The summed E-state index contributed by atoms with van der Waals surface area (Å²) in [5.41, 5.74) is 5.65. The van der Waals surface area contributed by atoms with E-state index in [9.17, 15) is 29.1 Å². The van der Waals surface area contributed by atoms with E-state index in [1.807, 2.05) is 0 Å². The first kappa shape index (κ1) is 31.3. The van der Waals surface area contributed by atoms with Crippen LogP contribution in [-0.2, 0) is 21.4 Å². The Hall–Kier alpha value is -5.69. The number of β-lactam (4-membered cyclic amide) rings is 1. The number of carboxylic acids is 1. The second-order valence-corrected chi connectivity index (χ2v) is 11.9. The van der Waals surface area contributed by atoms with Crippen LogP contribution in [0.15, 0.2) is 58.7 Å². The van der Waals surface area contributed by atoms with Crippen LogP contribution in [0.2, 0.25) is 0 Å². The number of tetrazole rings is 1. The number of carbonyl (C=O) groups is 4. The first-order valence-electron chi connectivity index (χ1n) is 13.7. The third-order valence-corrected chi connectivity index (χ3v) is 9.21. The summed E-state index contributed by atoms with van der Waals surface area (Å²) in [4.78, 5) is 74.3. The topological polar surface area (TPSA) is 240 Å². The lowest BCUT2D eigenvalue weighted by Gasteiger charge is -2.49. The van der Waals surface area contributed by atoms with Crippen LogP contribution in [0, 0.1) is 0 Å². The Labute approximate surface area is 273 Å². The number of ether oxygens (including phenoxy) is 1. The molecule has 4 aromatic rings. The van der Waals surface area contributed by atoms with Gasteiger partial charge >= 0.3 is 5.97 Å². The number of nitrogen functional groups attached to an aromatic ring is 1. The highest BCUT2D eigenvalue weighted by molar-refractivity contribution is 8.00. The second kappa shape index (κ2) is 12.2. The van der Waals surface area contributed by atoms with Crippen LogP contribution < -0.4 is 26.5 Å². The molecule has 5 heterocycles. The van der Waals surface area contributed by atoms with E-state index in [2.05, 4.69) is 36.1 Å². The summed E-state index contributed by atoms with van der Waals surface area (Å²) in [6.45, 7) is 0. The van der Waals surface area contributed by atoms with Crippen LogP contribution >= 0.6 is 24.0 Å².